The van der Waals surface area contributed by atoms with Crippen LogP contribution in [-0.2, 0) is 24.3 Å². The third-order valence-electron chi connectivity index (χ3n) is 7.11. The molecular formula is C33H30FN5O3. The number of fused-ring (bicyclic) bond motifs is 1. The number of methoxy groups -OCH3 is 1. The lowest BCUT2D eigenvalue weighted by atomic mass is 10.1. The molecule has 2 N–H and O–H groups in total. The van der Waals surface area contributed by atoms with Gasteiger partial charge in [0.25, 0.3) is 0 Å². The minimum Gasteiger partial charge on any atom is -0.473 e. The number of pyridine rings is 1. The van der Waals surface area contributed by atoms with Crippen LogP contribution in [0.2, 0.25) is 0 Å². The fourth-order valence-corrected chi connectivity index (χ4v) is 4.70. The van der Waals surface area contributed by atoms with Crippen LogP contribution in [-0.4, -0.2) is 40.1 Å². The smallest absolute Gasteiger partial charge is 0.214 e. The molecule has 8 nitrogen and oxygen atoms in total. The normalized spacial score (nSPS) is 11.8. The Balaban J connectivity index is 1.35. The Morgan fingerprint density at radius 2 is 1.88 bits per heavy atom. The van der Waals surface area contributed by atoms with Gasteiger partial charge in [0.05, 0.1) is 41.0 Å². The molecule has 0 bridgehead atoms. The summed E-state index contributed by atoms with van der Waals surface area (Å²) in [5.41, 5.74) is 11.5. The Hall–Kier alpha value is -4.91. The molecule has 42 heavy (non-hydrogen) atoms. The Morgan fingerprint density at radius 3 is 2.57 bits per heavy atom. The number of imidazole rings is 1. The maximum atomic E-state index is 14.2. The van der Waals surface area contributed by atoms with E-state index in [9.17, 15) is 9.18 Å². The Morgan fingerprint density at radius 1 is 1.07 bits per heavy atom. The van der Waals surface area contributed by atoms with E-state index in [1.807, 2.05) is 54.6 Å². The highest BCUT2D eigenvalue weighted by Gasteiger charge is 2.17. The monoisotopic (exact) mass is 563 g/mol. The molecule has 0 radical (unpaired) electrons. The van der Waals surface area contributed by atoms with Crippen molar-refractivity contribution in [1.29, 1.82) is 5.26 Å². The van der Waals surface area contributed by atoms with Crippen molar-refractivity contribution in [2.24, 2.45) is 5.73 Å². The van der Waals surface area contributed by atoms with Crippen molar-refractivity contribution < 1.29 is 18.7 Å². The molecular weight excluding hydrogens is 533 g/mol. The van der Waals surface area contributed by atoms with E-state index in [0.29, 0.717) is 42.2 Å². The van der Waals surface area contributed by atoms with Crippen LogP contribution < -0.4 is 10.5 Å². The average Bonchev–Trinajstić information content (AvgIpc) is 3.35. The summed E-state index contributed by atoms with van der Waals surface area (Å²) < 4.78 is 27.6. The largest absolute Gasteiger partial charge is 0.473 e. The molecule has 0 amide bonds. The number of nitrogens with zero attached hydrogens (tertiary/aromatic N) is 4. The van der Waals surface area contributed by atoms with Crippen molar-refractivity contribution in [1.82, 2.24) is 14.5 Å². The predicted molar refractivity (Wildman–Crippen MR) is 158 cm³/mol. The SMILES string of the molecule is CO[C@H](CN)Cn1c(Cc2ccc(-c3cccc(OCc4ccc(C#N)cc4F)n3)cc2)nc2ccc(C(C)=O)cc21. The third-order valence-corrected chi connectivity index (χ3v) is 7.11. The molecule has 212 valence electrons. The van der Waals surface area contributed by atoms with Crippen molar-refractivity contribution in [2.45, 2.75) is 32.6 Å². The lowest BCUT2D eigenvalue weighted by molar-refractivity contribution is 0.0949. The number of Topliss-reactive ketones (excluding diaryl/α,β-unsaturated/α-hetero) is 1. The molecule has 5 rings (SSSR count). The molecule has 0 saturated heterocycles. The zero-order valence-corrected chi connectivity index (χ0v) is 23.4. The summed E-state index contributed by atoms with van der Waals surface area (Å²) in [6.07, 6.45) is 0.372. The van der Waals surface area contributed by atoms with Crippen molar-refractivity contribution in [2.75, 3.05) is 13.7 Å². The first-order valence-electron chi connectivity index (χ1n) is 13.5. The number of aromatic nitrogens is 3. The molecule has 2 heterocycles. The molecule has 0 aliphatic carbocycles. The average molecular weight is 564 g/mol. The highest BCUT2D eigenvalue weighted by Crippen LogP contribution is 2.25. The Kier molecular flexibility index (Phi) is 8.67. The van der Waals surface area contributed by atoms with E-state index in [4.69, 9.17) is 25.5 Å². The number of carbonyl (C=O) groups excluding carboxylic acids is 1. The molecule has 3 aromatic carbocycles. The number of ketones is 1. The fraction of sp³-hybridized carbons (Fsp3) is 0.212. The van der Waals surface area contributed by atoms with E-state index < -0.39 is 5.82 Å². The fourth-order valence-electron chi connectivity index (χ4n) is 4.70. The van der Waals surface area contributed by atoms with E-state index in [0.717, 1.165) is 28.0 Å². The standard InChI is InChI=1S/C33H30FN5O3/c1-21(40)25-12-13-30-31(16-25)39(19-27(18-36)41-2)32(37-30)15-22-6-9-24(10-7-22)29-4-3-5-33(38-29)42-20-26-11-8-23(17-35)14-28(26)34/h3-14,16,27H,15,18-20,36H2,1-2H3/t27-/m1/s1. The third kappa shape index (κ3) is 6.36. The van der Waals surface area contributed by atoms with Gasteiger partial charge in [0, 0.05) is 42.8 Å². The molecule has 1 atom stereocenters. The second-order valence-electron chi connectivity index (χ2n) is 9.93. The molecule has 0 aliphatic rings. The van der Waals surface area contributed by atoms with Crippen molar-refractivity contribution >= 4 is 16.8 Å². The van der Waals surface area contributed by atoms with E-state index >= 15 is 0 Å². The van der Waals surface area contributed by atoms with Gasteiger partial charge in [0.2, 0.25) is 5.88 Å². The van der Waals surface area contributed by atoms with E-state index in [-0.39, 0.29) is 24.1 Å². The van der Waals surface area contributed by atoms with Crippen LogP contribution in [0.1, 0.15) is 39.8 Å². The van der Waals surface area contributed by atoms with Crippen LogP contribution in [0.15, 0.2) is 78.9 Å². The molecule has 5 aromatic rings. The van der Waals surface area contributed by atoms with E-state index in [1.165, 1.54) is 6.07 Å². The lowest BCUT2D eigenvalue weighted by Gasteiger charge is -2.17. The summed E-state index contributed by atoms with van der Waals surface area (Å²) in [5.74, 6) is 0.715. The minimum atomic E-state index is -0.491. The summed E-state index contributed by atoms with van der Waals surface area (Å²) in [6.45, 7) is 2.42. The number of hydrogen-bond donors (Lipinski definition) is 1. The summed E-state index contributed by atoms with van der Waals surface area (Å²) >= 11 is 0. The second-order valence-corrected chi connectivity index (χ2v) is 9.93. The lowest BCUT2D eigenvalue weighted by Crippen LogP contribution is -2.28. The van der Waals surface area contributed by atoms with Gasteiger partial charge < -0.3 is 19.8 Å². The molecule has 0 saturated carbocycles. The number of rotatable bonds is 11. The highest BCUT2D eigenvalue weighted by atomic mass is 19.1. The maximum absolute atomic E-state index is 14.2. The summed E-state index contributed by atoms with van der Waals surface area (Å²) in [6, 6.07) is 25.2. The molecule has 0 fully saturated rings. The number of benzene rings is 3. The van der Waals surface area contributed by atoms with Gasteiger partial charge in [0.15, 0.2) is 5.78 Å². The molecule has 2 aromatic heterocycles. The number of nitriles is 1. The summed E-state index contributed by atoms with van der Waals surface area (Å²) in [5, 5.41) is 8.93. The summed E-state index contributed by atoms with van der Waals surface area (Å²) in [7, 11) is 1.63. The predicted octanol–water partition coefficient (Wildman–Crippen LogP) is 5.46. The van der Waals surface area contributed by atoms with Gasteiger partial charge in [0.1, 0.15) is 18.2 Å². The number of ether oxygens (including phenoxy) is 2. The zero-order chi connectivity index (χ0) is 29.6. The van der Waals surface area contributed by atoms with Gasteiger partial charge in [-0.15, -0.1) is 0 Å². The second kappa shape index (κ2) is 12.7. The Bertz CT molecular complexity index is 1770. The number of halogens is 1. The van der Waals surface area contributed by atoms with E-state index in [1.54, 1.807) is 38.3 Å². The first kappa shape index (κ1) is 28.6. The molecule has 0 spiro atoms. The van der Waals surface area contributed by atoms with Crippen LogP contribution in [0.3, 0.4) is 0 Å². The van der Waals surface area contributed by atoms with Crippen LogP contribution in [0.4, 0.5) is 4.39 Å². The van der Waals surface area contributed by atoms with Gasteiger partial charge in [-0.2, -0.15) is 5.26 Å². The number of nitrogens with two attached hydrogens (primary N) is 1. The minimum absolute atomic E-state index is 0.00404. The van der Waals surface area contributed by atoms with Gasteiger partial charge in [-0.3, -0.25) is 4.79 Å². The zero-order valence-electron chi connectivity index (χ0n) is 23.4. The first-order valence-corrected chi connectivity index (χ1v) is 13.5. The number of carbonyl (C=O) groups is 1. The summed E-state index contributed by atoms with van der Waals surface area (Å²) in [4.78, 5) is 21.5. The first-order chi connectivity index (χ1) is 20.4. The van der Waals surface area contributed by atoms with Gasteiger partial charge in [-0.25, -0.2) is 14.4 Å². The highest BCUT2D eigenvalue weighted by molar-refractivity contribution is 5.97. The number of hydrogen-bond acceptors (Lipinski definition) is 7. The van der Waals surface area contributed by atoms with Gasteiger partial charge in [-0.05, 0) is 48.9 Å². The van der Waals surface area contributed by atoms with Crippen LogP contribution in [0.25, 0.3) is 22.3 Å². The molecule has 9 heteroatoms. The van der Waals surface area contributed by atoms with Gasteiger partial charge in [-0.1, -0.05) is 36.4 Å². The molecule has 0 unspecified atom stereocenters. The van der Waals surface area contributed by atoms with Crippen molar-refractivity contribution in [3.8, 4) is 23.2 Å². The van der Waals surface area contributed by atoms with Crippen molar-refractivity contribution in [3.05, 3.63) is 113 Å². The maximum Gasteiger partial charge on any atom is 0.214 e. The van der Waals surface area contributed by atoms with E-state index in [2.05, 4.69) is 9.55 Å². The van der Waals surface area contributed by atoms with Gasteiger partial charge >= 0.3 is 0 Å². The Labute approximate surface area is 243 Å². The van der Waals surface area contributed by atoms with Crippen LogP contribution in [0.5, 0.6) is 5.88 Å². The molecule has 0 aliphatic heterocycles. The van der Waals surface area contributed by atoms with Crippen LogP contribution >= 0.6 is 0 Å². The topological polar surface area (TPSA) is 116 Å². The van der Waals surface area contributed by atoms with Crippen LogP contribution in [0, 0.1) is 17.1 Å². The van der Waals surface area contributed by atoms with Crippen molar-refractivity contribution in [3.63, 3.8) is 0 Å². The quantitative estimate of drug-likeness (QED) is 0.212.